The van der Waals surface area contributed by atoms with Crippen LogP contribution in [0.1, 0.15) is 26.2 Å². The second-order valence-corrected chi connectivity index (χ2v) is 8.67. The molecule has 2 aromatic heterocycles. The number of rotatable bonds is 5. The van der Waals surface area contributed by atoms with Gasteiger partial charge in [-0.1, -0.05) is 0 Å². The molecule has 0 aliphatic carbocycles. The van der Waals surface area contributed by atoms with Crippen LogP contribution in [0, 0.1) is 0 Å². The van der Waals surface area contributed by atoms with Crippen molar-refractivity contribution in [3.05, 3.63) is 17.8 Å². The van der Waals surface area contributed by atoms with Crippen molar-refractivity contribution in [2.24, 2.45) is 0 Å². The maximum atomic E-state index is 12.5. The summed E-state index contributed by atoms with van der Waals surface area (Å²) in [5.74, 6) is 0.922. The third-order valence-corrected chi connectivity index (χ3v) is 6.52. The number of carbonyl (C=O) groups excluding carboxylic acids is 2. The van der Waals surface area contributed by atoms with E-state index in [4.69, 9.17) is 0 Å². The Hall–Kier alpha value is -2.26. The summed E-state index contributed by atoms with van der Waals surface area (Å²) >= 11 is 1.62. The molecular weight excluding hydrogens is 388 g/mol. The lowest BCUT2D eigenvalue weighted by Gasteiger charge is -2.35. The van der Waals surface area contributed by atoms with Gasteiger partial charge >= 0.3 is 0 Å². The van der Waals surface area contributed by atoms with Crippen molar-refractivity contribution in [1.29, 1.82) is 0 Å². The first-order valence-corrected chi connectivity index (χ1v) is 11.2. The number of amides is 2. The summed E-state index contributed by atoms with van der Waals surface area (Å²) in [6, 6.07) is 1.60. The zero-order valence-corrected chi connectivity index (χ0v) is 17.7. The number of aromatic nitrogens is 2. The van der Waals surface area contributed by atoms with Gasteiger partial charge in [0.05, 0.1) is 11.9 Å². The van der Waals surface area contributed by atoms with Gasteiger partial charge in [0.2, 0.25) is 11.8 Å². The Morgan fingerprint density at radius 3 is 2.62 bits per heavy atom. The van der Waals surface area contributed by atoms with Crippen LogP contribution >= 0.6 is 11.3 Å². The number of anilines is 1. The van der Waals surface area contributed by atoms with Crippen molar-refractivity contribution in [2.75, 3.05) is 50.7 Å². The van der Waals surface area contributed by atoms with Crippen molar-refractivity contribution in [3.8, 4) is 0 Å². The summed E-state index contributed by atoms with van der Waals surface area (Å²) in [7, 11) is 0. The first-order valence-electron chi connectivity index (χ1n) is 10.4. The number of likely N-dealkylation sites (tertiary alicyclic amines) is 1. The number of piperazine rings is 1. The Labute approximate surface area is 174 Å². The second kappa shape index (κ2) is 9.04. The Morgan fingerprint density at radius 1 is 1.10 bits per heavy atom. The van der Waals surface area contributed by atoms with E-state index >= 15 is 0 Å². The van der Waals surface area contributed by atoms with Gasteiger partial charge in [0.25, 0.3) is 0 Å². The van der Waals surface area contributed by atoms with Crippen molar-refractivity contribution in [2.45, 2.75) is 32.2 Å². The molecule has 2 saturated heterocycles. The topological polar surface area (TPSA) is 81.7 Å². The fourth-order valence-electron chi connectivity index (χ4n) is 4.09. The van der Waals surface area contributed by atoms with Gasteiger partial charge in [-0.15, -0.1) is 11.3 Å². The molecule has 156 valence electrons. The van der Waals surface area contributed by atoms with Crippen molar-refractivity contribution >= 4 is 39.2 Å². The van der Waals surface area contributed by atoms with Crippen LogP contribution in [0.25, 0.3) is 10.2 Å². The van der Waals surface area contributed by atoms with E-state index in [9.17, 15) is 9.59 Å². The average Bonchev–Trinajstić information content (AvgIpc) is 3.23. The van der Waals surface area contributed by atoms with Crippen LogP contribution in [0.5, 0.6) is 0 Å². The van der Waals surface area contributed by atoms with Gasteiger partial charge in [-0.2, -0.15) is 0 Å². The monoisotopic (exact) mass is 416 g/mol. The Kier molecular flexibility index (Phi) is 6.25. The lowest BCUT2D eigenvalue weighted by Crippen LogP contribution is -2.53. The van der Waals surface area contributed by atoms with E-state index in [-0.39, 0.29) is 11.8 Å². The van der Waals surface area contributed by atoms with Crippen LogP contribution in [0.4, 0.5) is 5.82 Å². The lowest BCUT2D eigenvalue weighted by molar-refractivity contribution is -0.137. The Balaban J connectivity index is 1.25. The molecular formula is C20H28N6O2S. The van der Waals surface area contributed by atoms with Crippen molar-refractivity contribution in [1.82, 2.24) is 25.1 Å². The molecule has 9 heteroatoms. The normalized spacial score (nSPS) is 19.3. The largest absolute Gasteiger partial charge is 0.353 e. The molecule has 1 N–H and O–H groups in total. The quantitative estimate of drug-likeness (QED) is 0.792. The molecule has 0 radical (unpaired) electrons. The fraction of sp³-hybridized carbons (Fsp3) is 0.600. The zero-order chi connectivity index (χ0) is 20.2. The molecule has 2 aliphatic rings. The van der Waals surface area contributed by atoms with Gasteiger partial charge in [0.1, 0.15) is 23.0 Å². The first-order chi connectivity index (χ1) is 14.1. The minimum Gasteiger partial charge on any atom is -0.353 e. The SMILES string of the molecule is CC(NC(=O)CN1CCN(c2ncnc3sccc23)CC1)C(=O)N1CCCCC1. The van der Waals surface area contributed by atoms with Crippen LogP contribution in [-0.4, -0.2) is 83.4 Å². The van der Waals surface area contributed by atoms with E-state index in [0.717, 1.165) is 68.1 Å². The summed E-state index contributed by atoms with van der Waals surface area (Å²) in [6.45, 7) is 6.93. The van der Waals surface area contributed by atoms with Crippen LogP contribution in [-0.2, 0) is 9.59 Å². The van der Waals surface area contributed by atoms with Crippen molar-refractivity contribution in [3.63, 3.8) is 0 Å². The van der Waals surface area contributed by atoms with E-state index in [1.54, 1.807) is 24.6 Å². The molecule has 2 aromatic rings. The molecule has 1 atom stereocenters. The molecule has 29 heavy (non-hydrogen) atoms. The number of thiophene rings is 1. The molecule has 2 fully saturated rings. The number of hydrogen-bond donors (Lipinski definition) is 1. The molecule has 4 heterocycles. The van der Waals surface area contributed by atoms with E-state index in [1.165, 1.54) is 6.42 Å². The van der Waals surface area contributed by atoms with Crippen LogP contribution in [0.2, 0.25) is 0 Å². The van der Waals surface area contributed by atoms with Gasteiger partial charge in [-0.25, -0.2) is 9.97 Å². The molecule has 4 rings (SSSR count). The maximum Gasteiger partial charge on any atom is 0.244 e. The number of nitrogens with one attached hydrogen (secondary N) is 1. The summed E-state index contributed by atoms with van der Waals surface area (Å²) in [5.41, 5.74) is 0. The number of carbonyl (C=O) groups is 2. The third kappa shape index (κ3) is 4.67. The molecule has 0 aromatic carbocycles. The highest BCUT2D eigenvalue weighted by Gasteiger charge is 2.25. The first kappa shape index (κ1) is 20.0. The van der Waals surface area contributed by atoms with E-state index in [1.807, 2.05) is 10.3 Å². The van der Waals surface area contributed by atoms with Gasteiger partial charge in [-0.05, 0) is 37.6 Å². The standard InChI is InChI=1S/C20H28N6O2S/c1-15(20(28)26-6-3-2-4-7-26)23-17(27)13-24-8-10-25(11-9-24)18-16-5-12-29-19(16)22-14-21-18/h5,12,14-15H,2-4,6-11,13H2,1H3,(H,23,27). The molecule has 0 bridgehead atoms. The van der Waals surface area contributed by atoms with E-state index < -0.39 is 6.04 Å². The number of piperidine rings is 1. The maximum absolute atomic E-state index is 12.5. The number of fused-ring (bicyclic) bond motifs is 1. The average molecular weight is 417 g/mol. The molecule has 1 unspecified atom stereocenters. The van der Waals surface area contributed by atoms with Crippen LogP contribution in [0.15, 0.2) is 17.8 Å². The van der Waals surface area contributed by atoms with Gasteiger partial charge in [-0.3, -0.25) is 14.5 Å². The summed E-state index contributed by atoms with van der Waals surface area (Å²) in [4.78, 5) is 41.0. The number of hydrogen-bond acceptors (Lipinski definition) is 7. The van der Waals surface area contributed by atoms with Crippen LogP contribution in [0.3, 0.4) is 0 Å². The highest BCUT2D eigenvalue weighted by molar-refractivity contribution is 7.16. The number of nitrogens with zero attached hydrogens (tertiary/aromatic N) is 5. The zero-order valence-electron chi connectivity index (χ0n) is 16.8. The minimum absolute atomic E-state index is 0.0337. The molecule has 0 saturated carbocycles. The molecule has 2 aliphatic heterocycles. The second-order valence-electron chi connectivity index (χ2n) is 7.78. The summed E-state index contributed by atoms with van der Waals surface area (Å²) < 4.78 is 0. The third-order valence-electron chi connectivity index (χ3n) is 5.70. The highest BCUT2D eigenvalue weighted by atomic mass is 32.1. The summed E-state index contributed by atoms with van der Waals surface area (Å²) in [6.07, 6.45) is 4.92. The van der Waals surface area contributed by atoms with Crippen LogP contribution < -0.4 is 10.2 Å². The lowest BCUT2D eigenvalue weighted by atomic mass is 10.1. The van der Waals surface area contributed by atoms with Crippen molar-refractivity contribution < 1.29 is 9.59 Å². The summed E-state index contributed by atoms with van der Waals surface area (Å²) in [5, 5.41) is 6.01. The Bertz CT molecular complexity index is 858. The molecule has 8 nitrogen and oxygen atoms in total. The Morgan fingerprint density at radius 2 is 1.86 bits per heavy atom. The predicted molar refractivity (Wildman–Crippen MR) is 114 cm³/mol. The van der Waals surface area contributed by atoms with Gasteiger partial charge < -0.3 is 15.1 Å². The smallest absolute Gasteiger partial charge is 0.244 e. The highest BCUT2D eigenvalue weighted by Crippen LogP contribution is 2.27. The van der Waals surface area contributed by atoms with Gasteiger partial charge in [0.15, 0.2) is 0 Å². The predicted octanol–water partition coefficient (Wildman–Crippen LogP) is 1.33. The minimum atomic E-state index is -0.463. The molecule has 0 spiro atoms. The van der Waals surface area contributed by atoms with E-state index in [2.05, 4.69) is 31.2 Å². The fourth-order valence-corrected chi connectivity index (χ4v) is 4.81. The van der Waals surface area contributed by atoms with Gasteiger partial charge in [0, 0.05) is 39.3 Å². The van der Waals surface area contributed by atoms with E-state index in [0.29, 0.717) is 6.54 Å². The molecule has 2 amide bonds.